The third-order valence-corrected chi connectivity index (χ3v) is 4.45. The molecule has 0 fully saturated rings. The summed E-state index contributed by atoms with van der Waals surface area (Å²) in [6.07, 6.45) is 20.2. The van der Waals surface area contributed by atoms with Crippen molar-refractivity contribution in [3.63, 3.8) is 0 Å². The van der Waals surface area contributed by atoms with Crippen LogP contribution in [0.25, 0.3) is 0 Å². The van der Waals surface area contributed by atoms with Crippen molar-refractivity contribution in [2.24, 2.45) is 17.3 Å². The topological polar surface area (TPSA) is 18.5 Å². The molecule has 0 unspecified atom stereocenters. The molecule has 20 heavy (non-hydrogen) atoms. The Morgan fingerprint density at radius 1 is 0.850 bits per heavy atom. The van der Waals surface area contributed by atoms with E-state index in [1.54, 1.807) is 7.11 Å². The van der Waals surface area contributed by atoms with Gasteiger partial charge in [0.2, 0.25) is 0 Å². The van der Waals surface area contributed by atoms with Gasteiger partial charge in [-0.25, -0.2) is 0 Å². The van der Waals surface area contributed by atoms with Crippen LogP contribution in [-0.4, -0.2) is 26.9 Å². The molecule has 0 aromatic rings. The zero-order valence-corrected chi connectivity index (χ0v) is 12.6. The summed E-state index contributed by atoms with van der Waals surface area (Å²) in [5.41, 5.74) is 0.248. The first kappa shape index (κ1) is 15.3. The summed E-state index contributed by atoms with van der Waals surface area (Å²) in [6.45, 7) is 4.59. The van der Waals surface area contributed by atoms with Crippen LogP contribution < -0.4 is 0 Å². The molecule has 0 bridgehead atoms. The smallest absolute Gasteiger partial charge is 0.0700 e. The van der Waals surface area contributed by atoms with Crippen molar-refractivity contribution in [1.82, 2.24) is 0 Å². The van der Waals surface area contributed by atoms with Gasteiger partial charge in [0.15, 0.2) is 0 Å². The van der Waals surface area contributed by atoms with Crippen molar-refractivity contribution in [1.29, 1.82) is 0 Å². The molecule has 0 aliphatic heterocycles. The molecule has 2 heteroatoms. The normalized spacial score (nSPS) is 18.7. The van der Waals surface area contributed by atoms with Crippen molar-refractivity contribution in [3.05, 3.63) is 48.6 Å². The van der Waals surface area contributed by atoms with E-state index in [1.807, 2.05) is 0 Å². The van der Waals surface area contributed by atoms with Gasteiger partial charge in [-0.05, 0) is 18.3 Å². The van der Waals surface area contributed by atoms with Gasteiger partial charge >= 0.3 is 0 Å². The lowest BCUT2D eigenvalue weighted by Crippen LogP contribution is -2.31. The first-order valence-electron chi connectivity index (χ1n) is 7.54. The van der Waals surface area contributed by atoms with Crippen LogP contribution in [0.2, 0.25) is 0 Å². The number of ether oxygens (including phenoxy) is 2. The van der Waals surface area contributed by atoms with E-state index >= 15 is 0 Å². The highest BCUT2D eigenvalue weighted by Gasteiger charge is 2.37. The van der Waals surface area contributed by atoms with Crippen molar-refractivity contribution in [2.45, 2.75) is 19.8 Å². The molecule has 0 saturated carbocycles. The van der Waals surface area contributed by atoms with E-state index in [0.717, 1.165) is 13.0 Å². The molecule has 2 rings (SSSR count). The molecule has 0 aromatic heterocycles. The summed E-state index contributed by atoms with van der Waals surface area (Å²) in [5, 5.41) is 0. The Morgan fingerprint density at radius 2 is 1.40 bits per heavy atom. The molecule has 0 N–H and O–H groups in total. The van der Waals surface area contributed by atoms with Crippen molar-refractivity contribution in [3.8, 4) is 0 Å². The van der Waals surface area contributed by atoms with Gasteiger partial charge in [0, 0.05) is 25.6 Å². The highest BCUT2D eigenvalue weighted by molar-refractivity contribution is 5.27. The lowest BCUT2D eigenvalue weighted by atomic mass is 9.66. The predicted molar refractivity (Wildman–Crippen MR) is 83.6 cm³/mol. The molecule has 0 saturated heterocycles. The van der Waals surface area contributed by atoms with Gasteiger partial charge in [0.05, 0.1) is 13.2 Å². The molecule has 2 aliphatic rings. The van der Waals surface area contributed by atoms with E-state index < -0.39 is 0 Å². The summed E-state index contributed by atoms with van der Waals surface area (Å²) in [6, 6.07) is 0. The Bertz CT molecular complexity index is 352. The van der Waals surface area contributed by atoms with E-state index in [1.165, 1.54) is 6.42 Å². The van der Waals surface area contributed by atoms with Gasteiger partial charge in [-0.1, -0.05) is 55.5 Å². The minimum atomic E-state index is 0.248. The fourth-order valence-electron chi connectivity index (χ4n) is 3.10. The fourth-order valence-corrected chi connectivity index (χ4v) is 3.10. The second kappa shape index (κ2) is 7.61. The molecule has 0 amide bonds. The summed E-state index contributed by atoms with van der Waals surface area (Å²) >= 11 is 0. The Morgan fingerprint density at radius 3 is 1.90 bits per heavy atom. The molecule has 110 valence electrons. The zero-order valence-electron chi connectivity index (χ0n) is 12.6. The third kappa shape index (κ3) is 3.71. The van der Waals surface area contributed by atoms with Crippen LogP contribution >= 0.6 is 0 Å². The fraction of sp³-hybridized carbons (Fsp3) is 0.556. The van der Waals surface area contributed by atoms with Gasteiger partial charge in [0.25, 0.3) is 0 Å². The van der Waals surface area contributed by atoms with Gasteiger partial charge in [-0.3, -0.25) is 0 Å². The standard InChI is InChI=1S/C18H26O2/c1-18(16-8-3-4-9-16,17-10-5-6-11-17)12-7-13-20-15-14-19-2/h3-6,8-11,16-17H,7,12-15H2,1-2H3. The third-order valence-electron chi connectivity index (χ3n) is 4.45. The molecular weight excluding hydrogens is 248 g/mol. The second-order valence-corrected chi connectivity index (χ2v) is 5.81. The summed E-state index contributed by atoms with van der Waals surface area (Å²) in [4.78, 5) is 0. The summed E-state index contributed by atoms with van der Waals surface area (Å²) in [7, 11) is 1.71. The Labute approximate surface area is 122 Å². The predicted octanol–water partition coefficient (Wildman–Crippen LogP) is 3.92. The minimum absolute atomic E-state index is 0.248. The molecule has 0 atom stereocenters. The molecule has 0 aromatic carbocycles. The van der Waals surface area contributed by atoms with E-state index in [2.05, 4.69) is 55.5 Å². The second-order valence-electron chi connectivity index (χ2n) is 5.81. The molecule has 2 aliphatic carbocycles. The molecule has 0 heterocycles. The van der Waals surface area contributed by atoms with Crippen LogP contribution in [-0.2, 0) is 9.47 Å². The summed E-state index contributed by atoms with van der Waals surface area (Å²) in [5.74, 6) is 1.05. The quantitative estimate of drug-likeness (QED) is 0.593. The molecule has 0 radical (unpaired) electrons. The van der Waals surface area contributed by atoms with Crippen molar-refractivity contribution >= 4 is 0 Å². The highest BCUT2D eigenvalue weighted by atomic mass is 16.5. The van der Waals surface area contributed by atoms with Crippen molar-refractivity contribution in [2.75, 3.05) is 26.9 Å². The minimum Gasteiger partial charge on any atom is -0.382 e. The average molecular weight is 274 g/mol. The highest BCUT2D eigenvalue weighted by Crippen LogP contribution is 2.45. The zero-order chi connectivity index (χ0) is 14.3. The number of rotatable bonds is 9. The maximum atomic E-state index is 5.60. The van der Waals surface area contributed by atoms with E-state index in [0.29, 0.717) is 25.0 Å². The van der Waals surface area contributed by atoms with Crippen LogP contribution in [0, 0.1) is 17.3 Å². The van der Waals surface area contributed by atoms with Crippen LogP contribution in [0.3, 0.4) is 0 Å². The Hall–Kier alpha value is -1.12. The largest absolute Gasteiger partial charge is 0.382 e. The monoisotopic (exact) mass is 274 g/mol. The maximum Gasteiger partial charge on any atom is 0.0700 e. The SMILES string of the molecule is COCCOCCCC(C)(C1C=CC=C1)C1C=CC=C1. The van der Waals surface area contributed by atoms with E-state index in [-0.39, 0.29) is 5.41 Å². The van der Waals surface area contributed by atoms with Crippen LogP contribution in [0.5, 0.6) is 0 Å². The van der Waals surface area contributed by atoms with E-state index in [9.17, 15) is 0 Å². The van der Waals surface area contributed by atoms with Crippen LogP contribution in [0.1, 0.15) is 19.8 Å². The van der Waals surface area contributed by atoms with Crippen LogP contribution in [0.4, 0.5) is 0 Å². The summed E-state index contributed by atoms with van der Waals surface area (Å²) < 4.78 is 10.6. The first-order valence-corrected chi connectivity index (χ1v) is 7.54. The molecular formula is C18H26O2. The lowest BCUT2D eigenvalue weighted by molar-refractivity contribution is 0.0606. The molecule has 0 spiro atoms. The number of hydrogen-bond acceptors (Lipinski definition) is 2. The van der Waals surface area contributed by atoms with Gasteiger partial charge in [-0.2, -0.15) is 0 Å². The van der Waals surface area contributed by atoms with Gasteiger partial charge in [0.1, 0.15) is 0 Å². The molecule has 2 nitrogen and oxygen atoms in total. The van der Waals surface area contributed by atoms with E-state index in [4.69, 9.17) is 9.47 Å². The number of methoxy groups -OCH3 is 1. The maximum absolute atomic E-state index is 5.60. The van der Waals surface area contributed by atoms with Crippen molar-refractivity contribution < 1.29 is 9.47 Å². The average Bonchev–Trinajstić information content (AvgIpc) is 3.15. The van der Waals surface area contributed by atoms with Gasteiger partial charge < -0.3 is 9.47 Å². The van der Waals surface area contributed by atoms with Crippen LogP contribution in [0.15, 0.2) is 48.6 Å². The Balaban J connectivity index is 1.87. The first-order chi connectivity index (χ1) is 9.77. The number of hydrogen-bond donors (Lipinski definition) is 0. The number of allylic oxidation sites excluding steroid dienone is 8. The van der Waals surface area contributed by atoms with Gasteiger partial charge in [-0.15, -0.1) is 0 Å². The Kier molecular flexibility index (Phi) is 5.81. The lowest BCUT2D eigenvalue weighted by Gasteiger charge is -2.38.